The Morgan fingerprint density at radius 2 is 1.55 bits per heavy atom. The van der Waals surface area contributed by atoms with Gasteiger partial charge in [0.1, 0.15) is 17.2 Å². The highest BCUT2D eigenvalue weighted by atomic mass is 35.5. The van der Waals surface area contributed by atoms with Crippen molar-refractivity contribution >= 4 is 40.5 Å². The van der Waals surface area contributed by atoms with Crippen LogP contribution in [-0.2, 0) is 15.3 Å². The third-order valence-electron chi connectivity index (χ3n) is 7.98. The van der Waals surface area contributed by atoms with Crippen molar-refractivity contribution in [1.82, 2.24) is 0 Å². The number of nitrogens with one attached hydrogen (secondary N) is 3. The van der Waals surface area contributed by atoms with E-state index in [2.05, 4.69) is 16.0 Å². The Labute approximate surface area is 246 Å². The molecule has 5 rings (SSSR count). The average Bonchev–Trinajstić information content (AvgIpc) is 3.29. The third kappa shape index (κ3) is 5.72. The van der Waals surface area contributed by atoms with Crippen molar-refractivity contribution in [2.24, 2.45) is 11.8 Å². The lowest BCUT2D eigenvalue weighted by molar-refractivity contribution is -0.152. The lowest BCUT2D eigenvalue weighted by Crippen LogP contribution is -2.54. The van der Waals surface area contributed by atoms with Crippen LogP contribution >= 0.6 is 11.6 Å². The number of hydrogen-bond donors (Lipinski definition) is 4. The molecule has 3 aromatic carbocycles. The van der Waals surface area contributed by atoms with Crippen LogP contribution in [0.2, 0.25) is 5.02 Å². The van der Waals surface area contributed by atoms with Gasteiger partial charge < -0.3 is 25.8 Å². The molecule has 4 N–H and O–H groups in total. The molecule has 1 heterocycles. The third-order valence-corrected chi connectivity index (χ3v) is 8.23. The number of carbonyl (C=O) groups excluding carboxylic acids is 1. The molecule has 0 spiro atoms. The molecule has 1 aliphatic carbocycles. The number of carboxylic acid groups (broad SMARTS) is 1. The van der Waals surface area contributed by atoms with Crippen molar-refractivity contribution < 1.29 is 32.6 Å². The van der Waals surface area contributed by atoms with E-state index >= 15 is 4.39 Å². The second kappa shape index (κ2) is 11.4. The largest absolute Gasteiger partial charge is 0.478 e. The minimum absolute atomic E-state index is 0.0157. The molecule has 0 aromatic heterocycles. The number of ether oxygens (including phenoxy) is 1. The summed E-state index contributed by atoms with van der Waals surface area (Å²) in [6.45, 7) is 2.68. The van der Waals surface area contributed by atoms with E-state index in [1.54, 1.807) is 24.3 Å². The summed E-state index contributed by atoms with van der Waals surface area (Å²) in [5.74, 6) is -5.67. The number of carboxylic acids is 1. The predicted octanol–water partition coefficient (Wildman–Crippen LogP) is 7.52. The van der Waals surface area contributed by atoms with Crippen LogP contribution in [0.5, 0.6) is 5.75 Å². The molecule has 0 saturated heterocycles. The molecule has 0 bridgehead atoms. The number of hydrogen-bond acceptors (Lipinski definition) is 5. The molecular weight excluding hydrogens is 571 g/mol. The Kier molecular flexibility index (Phi) is 8.02. The fourth-order valence-corrected chi connectivity index (χ4v) is 5.97. The van der Waals surface area contributed by atoms with Crippen molar-refractivity contribution in [3.63, 3.8) is 0 Å². The molecule has 1 aliphatic heterocycles. The first kappa shape index (κ1) is 29.6. The minimum atomic E-state index is -1.60. The number of benzene rings is 3. The van der Waals surface area contributed by atoms with Crippen LogP contribution in [0.3, 0.4) is 0 Å². The molecule has 7 nitrogen and oxygen atoms in total. The van der Waals surface area contributed by atoms with Gasteiger partial charge in [-0.25, -0.2) is 18.0 Å². The summed E-state index contributed by atoms with van der Waals surface area (Å²) in [5, 5.41) is 19.1. The smallest absolute Gasteiger partial charge is 0.347 e. The SMILES string of the molecule is CC(C)(Oc1ccc(NC(=O)C(C2CCCCC2)C2(c3ccc(Cl)cc3)Nc3cc(F)c(F)cc3N2)c(F)c1)C(=O)O. The van der Waals surface area contributed by atoms with E-state index < -0.39 is 46.5 Å². The maximum absolute atomic E-state index is 15.3. The average molecular weight is 602 g/mol. The second-order valence-electron chi connectivity index (χ2n) is 11.3. The van der Waals surface area contributed by atoms with Crippen LogP contribution < -0.4 is 20.7 Å². The standard InChI is InChI=1S/C31H31ClF3N3O4/c1-30(2,29(40)41)42-20-12-13-24(23(35)14-20)36-28(39)27(17-6-4-3-5-7-17)31(18-8-10-19(32)11-9-18)37-25-15-21(33)22(34)16-26(25)38-31/h8-17,27,37-38H,3-7H2,1-2H3,(H,36,39)(H,40,41). The van der Waals surface area contributed by atoms with Crippen molar-refractivity contribution in [3.8, 4) is 5.75 Å². The van der Waals surface area contributed by atoms with Gasteiger partial charge >= 0.3 is 5.97 Å². The Morgan fingerprint density at radius 3 is 2.10 bits per heavy atom. The van der Waals surface area contributed by atoms with Gasteiger partial charge in [0.25, 0.3) is 0 Å². The van der Waals surface area contributed by atoms with Gasteiger partial charge in [-0.1, -0.05) is 43.0 Å². The number of amides is 1. The minimum Gasteiger partial charge on any atom is -0.478 e. The van der Waals surface area contributed by atoms with E-state index in [0.29, 0.717) is 10.6 Å². The monoisotopic (exact) mass is 601 g/mol. The van der Waals surface area contributed by atoms with Gasteiger partial charge in [0.15, 0.2) is 17.2 Å². The highest BCUT2D eigenvalue weighted by Crippen LogP contribution is 2.49. The van der Waals surface area contributed by atoms with Crippen LogP contribution in [0, 0.1) is 29.3 Å². The molecular formula is C31H31ClF3N3O4. The quantitative estimate of drug-likeness (QED) is 0.213. The van der Waals surface area contributed by atoms with Crippen molar-refractivity contribution in [1.29, 1.82) is 0 Å². The maximum Gasteiger partial charge on any atom is 0.347 e. The highest BCUT2D eigenvalue weighted by molar-refractivity contribution is 6.30. The molecule has 1 unspecified atom stereocenters. The summed E-state index contributed by atoms with van der Waals surface area (Å²) in [4.78, 5) is 25.7. The van der Waals surface area contributed by atoms with E-state index in [0.717, 1.165) is 50.3 Å². The molecule has 3 aromatic rings. The maximum atomic E-state index is 15.3. The number of halogens is 4. The Bertz CT molecular complexity index is 1480. The molecule has 42 heavy (non-hydrogen) atoms. The van der Waals surface area contributed by atoms with Gasteiger partial charge in [-0.15, -0.1) is 0 Å². The van der Waals surface area contributed by atoms with Crippen LogP contribution in [0.1, 0.15) is 51.5 Å². The molecule has 222 valence electrons. The fourth-order valence-electron chi connectivity index (χ4n) is 5.84. The van der Waals surface area contributed by atoms with Gasteiger partial charge in [-0.2, -0.15) is 0 Å². The summed E-state index contributed by atoms with van der Waals surface area (Å²) in [5.41, 5.74) is -1.89. The van der Waals surface area contributed by atoms with E-state index in [-0.39, 0.29) is 28.7 Å². The fraction of sp³-hybridized carbons (Fsp3) is 0.355. The van der Waals surface area contributed by atoms with Gasteiger partial charge in [0.2, 0.25) is 5.91 Å². The van der Waals surface area contributed by atoms with Crippen LogP contribution in [0.15, 0.2) is 54.6 Å². The number of carbonyl (C=O) groups is 2. The van der Waals surface area contributed by atoms with Crippen LogP contribution in [0.25, 0.3) is 0 Å². The molecule has 1 atom stereocenters. The highest BCUT2D eigenvalue weighted by Gasteiger charge is 2.52. The van der Waals surface area contributed by atoms with E-state index in [9.17, 15) is 23.5 Å². The summed E-state index contributed by atoms with van der Waals surface area (Å²) in [7, 11) is 0. The zero-order valence-corrected chi connectivity index (χ0v) is 23.8. The lowest BCUT2D eigenvalue weighted by atomic mass is 9.71. The van der Waals surface area contributed by atoms with Gasteiger partial charge in [-0.05, 0) is 62.4 Å². The zero-order valence-electron chi connectivity index (χ0n) is 23.1. The van der Waals surface area contributed by atoms with E-state index in [1.165, 1.54) is 26.0 Å². The zero-order chi connectivity index (χ0) is 30.2. The topological polar surface area (TPSA) is 99.7 Å². The Balaban J connectivity index is 1.54. The molecule has 11 heteroatoms. The molecule has 1 saturated carbocycles. The molecule has 0 radical (unpaired) electrons. The Morgan fingerprint density at radius 1 is 0.952 bits per heavy atom. The van der Waals surface area contributed by atoms with Gasteiger partial charge in [0, 0.05) is 23.2 Å². The summed E-state index contributed by atoms with van der Waals surface area (Å²) in [6.07, 6.45) is 4.23. The number of anilines is 3. The first-order chi connectivity index (χ1) is 19.9. The molecule has 2 aliphatic rings. The summed E-state index contributed by atoms with van der Waals surface area (Å²) in [6, 6.07) is 12.6. The van der Waals surface area contributed by atoms with Crippen molar-refractivity contribution in [3.05, 3.63) is 82.6 Å². The van der Waals surface area contributed by atoms with Crippen LogP contribution in [0.4, 0.5) is 30.2 Å². The number of aliphatic carboxylic acids is 1. The first-order valence-electron chi connectivity index (χ1n) is 13.7. The summed E-state index contributed by atoms with van der Waals surface area (Å²) < 4.78 is 49.3. The van der Waals surface area contributed by atoms with Gasteiger partial charge in [0.05, 0.1) is 23.0 Å². The first-order valence-corrected chi connectivity index (χ1v) is 14.1. The number of fused-ring (bicyclic) bond motifs is 1. The summed E-state index contributed by atoms with van der Waals surface area (Å²) >= 11 is 6.18. The number of rotatable bonds is 8. The van der Waals surface area contributed by atoms with Crippen molar-refractivity contribution in [2.45, 2.75) is 57.2 Å². The van der Waals surface area contributed by atoms with Crippen molar-refractivity contribution in [2.75, 3.05) is 16.0 Å². The molecule has 1 fully saturated rings. The lowest BCUT2D eigenvalue weighted by Gasteiger charge is -2.43. The van der Waals surface area contributed by atoms with E-state index in [1.807, 2.05) is 0 Å². The molecule has 1 amide bonds. The predicted molar refractivity (Wildman–Crippen MR) is 154 cm³/mol. The normalized spacial score (nSPS) is 17.0. The second-order valence-corrected chi connectivity index (χ2v) is 11.7. The van der Waals surface area contributed by atoms with Gasteiger partial charge in [-0.3, -0.25) is 4.79 Å². The van der Waals surface area contributed by atoms with Crippen LogP contribution in [-0.4, -0.2) is 22.6 Å². The van der Waals surface area contributed by atoms with E-state index in [4.69, 9.17) is 16.3 Å². The Hall–Kier alpha value is -3.92.